The van der Waals surface area contributed by atoms with Crippen LogP contribution in [0.2, 0.25) is 0 Å². The molecule has 1 aliphatic rings. The van der Waals surface area contributed by atoms with Gasteiger partial charge in [0.05, 0.1) is 11.4 Å². The molecule has 0 unspecified atom stereocenters. The first-order valence-electron chi connectivity index (χ1n) is 10.4. The van der Waals surface area contributed by atoms with E-state index in [-0.39, 0.29) is 12.5 Å². The number of rotatable bonds is 3. The van der Waals surface area contributed by atoms with Crippen molar-refractivity contribution < 1.29 is 14.6 Å². The van der Waals surface area contributed by atoms with Gasteiger partial charge in [0.2, 0.25) is 6.79 Å². The van der Waals surface area contributed by atoms with Crippen LogP contribution < -0.4 is 9.47 Å². The Labute approximate surface area is 185 Å². The van der Waals surface area contributed by atoms with Gasteiger partial charge in [0.15, 0.2) is 11.5 Å². The minimum absolute atomic E-state index is 0.201. The lowest BCUT2D eigenvalue weighted by molar-refractivity contribution is 0.174. The largest absolute Gasteiger partial charge is 0.507 e. The van der Waals surface area contributed by atoms with Crippen LogP contribution in [0, 0.1) is 0 Å². The molecular weight excluding hydrogens is 398 g/mol. The fraction of sp³-hybridized carbons (Fsp3) is 0.0357. The van der Waals surface area contributed by atoms with Crippen LogP contribution in [0.25, 0.3) is 44.4 Å². The van der Waals surface area contributed by atoms with Crippen molar-refractivity contribution >= 4 is 10.8 Å². The summed E-state index contributed by atoms with van der Waals surface area (Å²) in [5, 5.41) is 12.8. The number of phenolic OH excluding ortho intramolecular Hbond substituents is 1. The number of nitrogens with zero attached hydrogens (tertiary/aromatic N) is 1. The van der Waals surface area contributed by atoms with Crippen LogP contribution in [-0.2, 0) is 0 Å². The highest BCUT2D eigenvalue weighted by Gasteiger charge is 2.16. The van der Waals surface area contributed by atoms with Gasteiger partial charge in [-0.05, 0) is 64.4 Å². The number of hydrogen-bond acceptors (Lipinski definition) is 4. The molecule has 32 heavy (non-hydrogen) atoms. The van der Waals surface area contributed by atoms with Gasteiger partial charge in [0.1, 0.15) is 5.75 Å². The Morgan fingerprint density at radius 2 is 1.34 bits per heavy atom. The number of aromatic hydroxyl groups is 1. The van der Waals surface area contributed by atoms with Crippen LogP contribution in [0.3, 0.4) is 0 Å². The maximum atomic E-state index is 10.5. The number of hydrogen-bond donors (Lipinski definition) is 1. The van der Waals surface area contributed by atoms with Crippen LogP contribution in [0.1, 0.15) is 0 Å². The Kier molecular flexibility index (Phi) is 4.29. The minimum atomic E-state index is 0.201. The van der Waals surface area contributed by atoms with Crippen molar-refractivity contribution in [3.05, 3.63) is 97.1 Å². The van der Waals surface area contributed by atoms with Crippen molar-refractivity contribution in [2.24, 2.45) is 0 Å². The van der Waals surface area contributed by atoms with Gasteiger partial charge in [-0.25, -0.2) is 4.98 Å². The molecule has 0 saturated heterocycles. The van der Waals surface area contributed by atoms with Crippen LogP contribution in [0.5, 0.6) is 17.2 Å². The smallest absolute Gasteiger partial charge is 0.231 e. The lowest BCUT2D eigenvalue weighted by atomic mass is 9.98. The topological polar surface area (TPSA) is 51.6 Å². The predicted octanol–water partition coefficient (Wildman–Crippen LogP) is 6.67. The zero-order valence-electron chi connectivity index (χ0n) is 17.2. The molecule has 0 spiro atoms. The van der Waals surface area contributed by atoms with E-state index in [0.29, 0.717) is 11.3 Å². The van der Waals surface area contributed by atoms with Crippen molar-refractivity contribution in [2.75, 3.05) is 6.79 Å². The van der Waals surface area contributed by atoms with E-state index in [4.69, 9.17) is 14.5 Å². The molecule has 0 aliphatic carbocycles. The molecule has 0 atom stereocenters. The van der Waals surface area contributed by atoms with Gasteiger partial charge in [0.25, 0.3) is 0 Å². The Hall–Kier alpha value is -4.31. The Morgan fingerprint density at radius 3 is 2.25 bits per heavy atom. The minimum Gasteiger partial charge on any atom is -0.507 e. The van der Waals surface area contributed by atoms with Crippen LogP contribution in [0.15, 0.2) is 97.1 Å². The lowest BCUT2D eigenvalue weighted by Gasteiger charge is -2.12. The highest BCUT2D eigenvalue weighted by Crippen LogP contribution is 2.39. The first-order valence-corrected chi connectivity index (χ1v) is 10.4. The molecule has 0 amide bonds. The van der Waals surface area contributed by atoms with E-state index in [0.717, 1.165) is 39.3 Å². The molecule has 0 saturated carbocycles. The molecule has 4 nitrogen and oxygen atoms in total. The third kappa shape index (κ3) is 3.22. The van der Waals surface area contributed by atoms with Crippen LogP contribution in [-0.4, -0.2) is 16.9 Å². The quantitative estimate of drug-likeness (QED) is 0.356. The van der Waals surface area contributed by atoms with Crippen molar-refractivity contribution in [1.29, 1.82) is 0 Å². The van der Waals surface area contributed by atoms with Gasteiger partial charge in [-0.15, -0.1) is 0 Å². The van der Waals surface area contributed by atoms with Crippen molar-refractivity contribution in [2.45, 2.75) is 0 Å². The number of aromatic nitrogens is 1. The second-order valence-electron chi connectivity index (χ2n) is 7.77. The number of ether oxygens (including phenoxy) is 2. The maximum Gasteiger partial charge on any atom is 0.231 e. The average molecular weight is 417 g/mol. The summed E-state index contributed by atoms with van der Waals surface area (Å²) in [4.78, 5) is 4.92. The Bertz CT molecular complexity index is 1480. The fourth-order valence-corrected chi connectivity index (χ4v) is 4.10. The summed E-state index contributed by atoms with van der Waals surface area (Å²) < 4.78 is 11.0. The zero-order valence-corrected chi connectivity index (χ0v) is 17.2. The highest BCUT2D eigenvalue weighted by atomic mass is 16.7. The summed E-state index contributed by atoms with van der Waals surface area (Å²) >= 11 is 0. The van der Waals surface area contributed by atoms with Crippen LogP contribution >= 0.6 is 0 Å². The van der Waals surface area contributed by atoms with Crippen molar-refractivity contribution in [3.63, 3.8) is 0 Å². The lowest BCUT2D eigenvalue weighted by Crippen LogP contribution is -1.93. The van der Waals surface area contributed by atoms with Gasteiger partial charge < -0.3 is 14.6 Å². The molecule has 5 aromatic rings. The molecular formula is C28H19NO3. The van der Waals surface area contributed by atoms with Gasteiger partial charge in [0, 0.05) is 11.1 Å². The molecule has 4 aromatic carbocycles. The Balaban J connectivity index is 1.56. The number of para-hydroxylation sites is 1. The number of phenols is 1. The molecule has 1 aliphatic heterocycles. The van der Waals surface area contributed by atoms with Gasteiger partial charge >= 0.3 is 0 Å². The standard InChI is InChI=1S/C28H19NO3/c30-26-8-4-3-7-23(26)25-15-22(20-11-12-27-28(16-20)32-17-31-27)14-24(29-25)21-10-9-18-5-1-2-6-19(18)13-21/h1-16,30H,17H2. The predicted molar refractivity (Wildman–Crippen MR) is 126 cm³/mol. The first-order chi connectivity index (χ1) is 15.7. The van der Waals surface area contributed by atoms with Gasteiger partial charge in [-0.3, -0.25) is 0 Å². The number of fused-ring (bicyclic) bond motifs is 2. The summed E-state index contributed by atoms with van der Waals surface area (Å²) in [6, 6.07) is 31.9. The molecule has 2 heterocycles. The maximum absolute atomic E-state index is 10.5. The van der Waals surface area contributed by atoms with E-state index in [1.165, 1.54) is 5.39 Å². The normalized spacial score (nSPS) is 12.2. The van der Waals surface area contributed by atoms with E-state index in [2.05, 4.69) is 36.4 Å². The van der Waals surface area contributed by atoms with Gasteiger partial charge in [-0.2, -0.15) is 0 Å². The van der Waals surface area contributed by atoms with Gasteiger partial charge in [-0.1, -0.05) is 54.6 Å². The van der Waals surface area contributed by atoms with Crippen molar-refractivity contribution in [1.82, 2.24) is 4.98 Å². The molecule has 0 bridgehead atoms. The molecule has 1 aromatic heterocycles. The Morgan fingerprint density at radius 1 is 0.594 bits per heavy atom. The number of benzene rings is 4. The fourth-order valence-electron chi connectivity index (χ4n) is 4.10. The molecule has 1 N–H and O–H groups in total. The first kappa shape index (κ1) is 18.5. The van der Waals surface area contributed by atoms with E-state index < -0.39 is 0 Å². The third-order valence-corrected chi connectivity index (χ3v) is 5.76. The summed E-state index contributed by atoms with van der Waals surface area (Å²) in [5.74, 6) is 1.68. The third-order valence-electron chi connectivity index (χ3n) is 5.76. The monoisotopic (exact) mass is 417 g/mol. The van der Waals surface area contributed by atoms with Crippen LogP contribution in [0.4, 0.5) is 0 Å². The van der Waals surface area contributed by atoms with Crippen molar-refractivity contribution in [3.8, 4) is 50.9 Å². The second kappa shape index (κ2) is 7.43. The summed E-state index contributed by atoms with van der Waals surface area (Å²) in [6.07, 6.45) is 0. The molecule has 154 valence electrons. The molecule has 4 heteroatoms. The van der Waals surface area contributed by atoms with E-state index >= 15 is 0 Å². The second-order valence-corrected chi connectivity index (χ2v) is 7.77. The summed E-state index contributed by atoms with van der Waals surface area (Å²) in [5.41, 5.74) is 5.24. The molecule has 6 rings (SSSR count). The van der Waals surface area contributed by atoms with E-state index in [1.54, 1.807) is 6.07 Å². The average Bonchev–Trinajstić information content (AvgIpc) is 3.32. The summed E-state index contributed by atoms with van der Waals surface area (Å²) in [7, 11) is 0. The van der Waals surface area contributed by atoms with E-state index in [1.807, 2.05) is 54.6 Å². The number of pyridine rings is 1. The SMILES string of the molecule is Oc1ccccc1-c1cc(-c2ccc3c(c2)OCO3)cc(-c2ccc3ccccc3c2)n1. The zero-order chi connectivity index (χ0) is 21.5. The molecule has 0 fully saturated rings. The summed E-state index contributed by atoms with van der Waals surface area (Å²) in [6.45, 7) is 0.237. The highest BCUT2D eigenvalue weighted by molar-refractivity contribution is 5.88. The van der Waals surface area contributed by atoms with E-state index in [9.17, 15) is 5.11 Å². The molecule has 0 radical (unpaired) electrons.